The number of esters is 1. The van der Waals surface area contributed by atoms with E-state index in [1.54, 1.807) is 12.1 Å². The van der Waals surface area contributed by atoms with Crippen LogP contribution in [0.15, 0.2) is 22.7 Å². The average Bonchev–Trinajstić information content (AvgIpc) is 2.61. The molecule has 1 aromatic rings. The van der Waals surface area contributed by atoms with Crippen molar-refractivity contribution in [2.24, 2.45) is 5.92 Å². The van der Waals surface area contributed by atoms with Crippen molar-refractivity contribution in [3.63, 3.8) is 0 Å². The van der Waals surface area contributed by atoms with E-state index in [0.717, 1.165) is 22.9 Å². The molecule has 0 bridgehead atoms. The number of halogens is 3. The van der Waals surface area contributed by atoms with Crippen LogP contribution < -0.4 is 0 Å². The van der Waals surface area contributed by atoms with Gasteiger partial charge in [-0.3, -0.25) is 0 Å². The Morgan fingerprint density at radius 2 is 2.14 bits per heavy atom. The number of hydrogen-bond donors (Lipinski definition) is 0. The monoisotopic (exact) mass is 360 g/mol. The molecular weight excluding hydrogens is 342 g/mol. The zero-order chi connectivity index (χ0) is 15.5. The van der Waals surface area contributed by atoms with Crippen molar-refractivity contribution in [3.05, 3.63) is 33.8 Å². The van der Waals surface area contributed by atoms with Crippen LogP contribution in [0.1, 0.15) is 48.0 Å². The summed E-state index contributed by atoms with van der Waals surface area (Å²) in [7, 11) is 1.34. The summed E-state index contributed by atoms with van der Waals surface area (Å²) < 4.78 is 32.3. The van der Waals surface area contributed by atoms with Crippen molar-refractivity contribution in [1.82, 2.24) is 0 Å². The fourth-order valence-corrected chi connectivity index (χ4v) is 3.35. The molecular formula is C16H19BrF2O2. The first-order valence-corrected chi connectivity index (χ1v) is 7.95. The van der Waals surface area contributed by atoms with Crippen molar-refractivity contribution in [2.45, 2.75) is 44.4 Å². The zero-order valence-corrected chi connectivity index (χ0v) is 13.6. The van der Waals surface area contributed by atoms with Gasteiger partial charge < -0.3 is 4.74 Å². The van der Waals surface area contributed by atoms with Crippen LogP contribution in [0.4, 0.5) is 8.78 Å². The fraction of sp³-hybridized carbons (Fsp3) is 0.562. The molecule has 2 rings (SSSR count). The van der Waals surface area contributed by atoms with E-state index in [0.29, 0.717) is 18.4 Å². The molecule has 0 amide bonds. The second-order valence-electron chi connectivity index (χ2n) is 5.65. The van der Waals surface area contributed by atoms with Gasteiger partial charge in [0.1, 0.15) is 0 Å². The predicted molar refractivity (Wildman–Crippen MR) is 80.7 cm³/mol. The topological polar surface area (TPSA) is 26.3 Å². The summed E-state index contributed by atoms with van der Waals surface area (Å²) in [6.07, 6.45) is 2.72. The Balaban J connectivity index is 2.04. The third kappa shape index (κ3) is 4.50. The zero-order valence-electron chi connectivity index (χ0n) is 12.0. The first-order valence-electron chi connectivity index (χ1n) is 7.16. The van der Waals surface area contributed by atoms with Gasteiger partial charge in [0, 0.05) is 17.3 Å². The summed E-state index contributed by atoms with van der Waals surface area (Å²) >= 11 is 3.46. The SMILES string of the molecule is COC(=O)c1ccc(CC2CCCC(F)(F)CC2)c(Br)c1. The Bertz CT molecular complexity index is 517. The third-order valence-electron chi connectivity index (χ3n) is 4.06. The van der Waals surface area contributed by atoms with Gasteiger partial charge in [0.25, 0.3) is 0 Å². The molecule has 1 atom stereocenters. The van der Waals surface area contributed by atoms with Gasteiger partial charge in [-0.1, -0.05) is 22.0 Å². The van der Waals surface area contributed by atoms with Crippen LogP contribution in [0.5, 0.6) is 0 Å². The molecule has 0 heterocycles. The molecule has 1 aliphatic carbocycles. The van der Waals surface area contributed by atoms with E-state index in [2.05, 4.69) is 20.7 Å². The van der Waals surface area contributed by atoms with E-state index in [1.807, 2.05) is 6.07 Å². The summed E-state index contributed by atoms with van der Waals surface area (Å²) in [4.78, 5) is 11.5. The summed E-state index contributed by atoms with van der Waals surface area (Å²) in [5.41, 5.74) is 1.54. The van der Waals surface area contributed by atoms with Gasteiger partial charge in [0.15, 0.2) is 0 Å². The first-order chi connectivity index (χ1) is 9.91. The summed E-state index contributed by atoms with van der Waals surface area (Å²) in [6.45, 7) is 0. The average molecular weight is 361 g/mol. The highest BCUT2D eigenvalue weighted by atomic mass is 79.9. The number of rotatable bonds is 3. The number of hydrogen-bond acceptors (Lipinski definition) is 2. The molecule has 5 heteroatoms. The molecule has 1 unspecified atom stereocenters. The number of methoxy groups -OCH3 is 1. The highest BCUT2D eigenvalue weighted by molar-refractivity contribution is 9.10. The Morgan fingerprint density at radius 3 is 2.81 bits per heavy atom. The lowest BCUT2D eigenvalue weighted by molar-refractivity contribution is -0.0148. The second kappa shape index (κ2) is 6.86. The molecule has 0 aliphatic heterocycles. The molecule has 1 aliphatic rings. The van der Waals surface area contributed by atoms with Crippen molar-refractivity contribution >= 4 is 21.9 Å². The van der Waals surface area contributed by atoms with E-state index in [-0.39, 0.29) is 24.7 Å². The first kappa shape index (κ1) is 16.4. The van der Waals surface area contributed by atoms with Crippen molar-refractivity contribution in [2.75, 3.05) is 7.11 Å². The Hall–Kier alpha value is -0.970. The number of alkyl halides is 2. The summed E-state index contributed by atoms with van der Waals surface area (Å²) in [5.74, 6) is -2.60. The maximum absolute atomic E-state index is 13.4. The minimum absolute atomic E-state index is 0.00590. The lowest BCUT2D eigenvalue weighted by Crippen LogP contribution is -2.14. The van der Waals surface area contributed by atoms with Gasteiger partial charge >= 0.3 is 5.97 Å². The van der Waals surface area contributed by atoms with Crippen molar-refractivity contribution in [3.8, 4) is 0 Å². The van der Waals surface area contributed by atoms with Gasteiger partial charge in [0.05, 0.1) is 12.7 Å². The molecule has 1 aromatic carbocycles. The third-order valence-corrected chi connectivity index (χ3v) is 4.79. The standard InChI is InChI=1S/C16H19BrF2O2/c1-21-15(20)13-5-4-12(14(17)10-13)9-11-3-2-7-16(18,19)8-6-11/h4-5,10-11H,2-3,6-9H2,1H3. The molecule has 0 aromatic heterocycles. The Morgan fingerprint density at radius 1 is 1.38 bits per heavy atom. The largest absolute Gasteiger partial charge is 0.465 e. The Labute approximate surface area is 132 Å². The second-order valence-corrected chi connectivity index (χ2v) is 6.51. The van der Waals surface area contributed by atoms with Crippen LogP contribution >= 0.6 is 15.9 Å². The van der Waals surface area contributed by atoms with Gasteiger partial charge in [0.2, 0.25) is 5.92 Å². The molecule has 21 heavy (non-hydrogen) atoms. The summed E-state index contributed by atoms with van der Waals surface area (Å²) in [6, 6.07) is 5.32. The van der Waals surface area contributed by atoms with Gasteiger partial charge in [-0.05, 0) is 49.3 Å². The maximum atomic E-state index is 13.4. The fourth-order valence-electron chi connectivity index (χ4n) is 2.81. The van der Waals surface area contributed by atoms with E-state index in [1.165, 1.54) is 7.11 Å². The molecule has 0 N–H and O–H groups in total. The predicted octanol–water partition coefficient (Wildman–Crippen LogP) is 4.99. The van der Waals surface area contributed by atoms with Crippen molar-refractivity contribution < 1.29 is 18.3 Å². The molecule has 2 nitrogen and oxygen atoms in total. The van der Waals surface area contributed by atoms with E-state index in [4.69, 9.17) is 0 Å². The van der Waals surface area contributed by atoms with Crippen LogP contribution in [-0.2, 0) is 11.2 Å². The number of benzene rings is 1. The van der Waals surface area contributed by atoms with Crippen LogP contribution in [0, 0.1) is 5.92 Å². The van der Waals surface area contributed by atoms with Gasteiger partial charge in [-0.25, -0.2) is 13.6 Å². The van der Waals surface area contributed by atoms with Gasteiger partial charge in [-0.2, -0.15) is 0 Å². The number of carbonyl (C=O) groups is 1. The van der Waals surface area contributed by atoms with Crippen LogP contribution in [0.3, 0.4) is 0 Å². The molecule has 1 fully saturated rings. The summed E-state index contributed by atoms with van der Waals surface area (Å²) in [5, 5.41) is 0. The highest BCUT2D eigenvalue weighted by Gasteiger charge is 2.32. The van der Waals surface area contributed by atoms with Crippen LogP contribution in [0.2, 0.25) is 0 Å². The number of carbonyl (C=O) groups excluding carboxylic acids is 1. The Kier molecular flexibility index (Phi) is 5.36. The molecule has 0 spiro atoms. The molecule has 116 valence electrons. The van der Waals surface area contributed by atoms with E-state index < -0.39 is 5.92 Å². The molecule has 1 saturated carbocycles. The molecule has 0 saturated heterocycles. The minimum atomic E-state index is -2.50. The quantitative estimate of drug-likeness (QED) is 0.560. The van der Waals surface area contributed by atoms with Crippen LogP contribution in [0.25, 0.3) is 0 Å². The highest BCUT2D eigenvalue weighted by Crippen LogP contribution is 2.36. The lowest BCUT2D eigenvalue weighted by Gasteiger charge is -2.16. The van der Waals surface area contributed by atoms with Crippen LogP contribution in [-0.4, -0.2) is 19.0 Å². The normalized spacial score (nSPS) is 21.6. The van der Waals surface area contributed by atoms with E-state index in [9.17, 15) is 13.6 Å². The van der Waals surface area contributed by atoms with E-state index >= 15 is 0 Å². The minimum Gasteiger partial charge on any atom is -0.465 e. The van der Waals surface area contributed by atoms with Gasteiger partial charge in [-0.15, -0.1) is 0 Å². The number of ether oxygens (including phenoxy) is 1. The lowest BCUT2D eigenvalue weighted by atomic mass is 9.92. The molecule has 0 radical (unpaired) electrons. The van der Waals surface area contributed by atoms with Crippen molar-refractivity contribution in [1.29, 1.82) is 0 Å². The maximum Gasteiger partial charge on any atom is 0.337 e. The smallest absolute Gasteiger partial charge is 0.337 e.